The molecule has 10 heteroatoms. The molecule has 1 N–H and O–H groups in total. The third-order valence-corrected chi connectivity index (χ3v) is 9.40. The Morgan fingerprint density at radius 1 is 0.929 bits per heavy atom. The molecule has 0 aromatic heterocycles. The van der Waals surface area contributed by atoms with Gasteiger partial charge in [0.1, 0.15) is 12.6 Å². The summed E-state index contributed by atoms with van der Waals surface area (Å²) in [6.45, 7) is 7.91. The van der Waals surface area contributed by atoms with Crippen LogP contribution in [0.1, 0.15) is 64.0 Å². The number of halogens is 2. The molecule has 0 spiro atoms. The molecule has 0 saturated heterocycles. The first kappa shape index (κ1) is 33.4. The van der Waals surface area contributed by atoms with Crippen LogP contribution in [0.2, 0.25) is 10.0 Å². The van der Waals surface area contributed by atoms with E-state index in [1.54, 1.807) is 48.5 Å². The number of unbranched alkanes of at least 4 members (excludes halogenated alkanes) is 1. The highest BCUT2D eigenvalue weighted by molar-refractivity contribution is 7.92. The summed E-state index contributed by atoms with van der Waals surface area (Å²) in [5.41, 5.74) is 1.98. The van der Waals surface area contributed by atoms with Gasteiger partial charge in [0.15, 0.2) is 0 Å². The molecule has 0 saturated carbocycles. The fraction of sp³-hybridized carbons (Fsp3) is 0.375. The SMILES string of the molecule is CCCCNC(=O)C(CC)N(Cc1ccc(Cl)cc1Cl)C(=O)CN(c1ccc(C(C)C)cc1)S(=O)(=O)c1ccccc1. The maximum absolute atomic E-state index is 14.2. The number of carbonyl (C=O) groups is 2. The van der Waals surface area contributed by atoms with Crippen molar-refractivity contribution in [2.24, 2.45) is 0 Å². The van der Waals surface area contributed by atoms with Gasteiger partial charge in [-0.1, -0.05) is 93.7 Å². The van der Waals surface area contributed by atoms with Gasteiger partial charge in [-0.05, 0) is 66.3 Å². The number of benzene rings is 3. The van der Waals surface area contributed by atoms with E-state index in [0.717, 1.165) is 22.7 Å². The molecule has 0 bridgehead atoms. The highest BCUT2D eigenvalue weighted by atomic mass is 35.5. The molecule has 0 radical (unpaired) electrons. The third kappa shape index (κ3) is 8.49. The monoisotopic (exact) mass is 631 g/mol. The Kier molecular flexibility index (Phi) is 12.3. The zero-order chi connectivity index (χ0) is 30.9. The molecule has 0 heterocycles. The minimum Gasteiger partial charge on any atom is -0.354 e. The number of hydrogen-bond acceptors (Lipinski definition) is 4. The lowest BCUT2D eigenvalue weighted by atomic mass is 10.0. The number of anilines is 1. The van der Waals surface area contributed by atoms with Crippen LogP contribution in [0, 0.1) is 0 Å². The molecule has 1 unspecified atom stereocenters. The van der Waals surface area contributed by atoms with Crippen molar-refractivity contribution in [1.29, 1.82) is 0 Å². The lowest BCUT2D eigenvalue weighted by Gasteiger charge is -2.33. The van der Waals surface area contributed by atoms with Crippen molar-refractivity contribution in [2.45, 2.75) is 70.4 Å². The van der Waals surface area contributed by atoms with Crippen molar-refractivity contribution in [1.82, 2.24) is 10.2 Å². The molecule has 0 fully saturated rings. The van der Waals surface area contributed by atoms with Crippen LogP contribution in [-0.2, 0) is 26.2 Å². The predicted molar refractivity (Wildman–Crippen MR) is 171 cm³/mol. The van der Waals surface area contributed by atoms with Gasteiger partial charge in [-0.2, -0.15) is 0 Å². The smallest absolute Gasteiger partial charge is 0.264 e. The predicted octanol–water partition coefficient (Wildman–Crippen LogP) is 7.04. The van der Waals surface area contributed by atoms with E-state index in [1.165, 1.54) is 17.0 Å². The van der Waals surface area contributed by atoms with E-state index in [0.29, 0.717) is 34.3 Å². The average Bonchev–Trinajstić information content (AvgIpc) is 2.97. The van der Waals surface area contributed by atoms with Crippen molar-refractivity contribution in [2.75, 3.05) is 17.4 Å². The van der Waals surface area contributed by atoms with E-state index in [4.69, 9.17) is 23.2 Å². The summed E-state index contributed by atoms with van der Waals surface area (Å²) in [6, 6.07) is 19.2. The van der Waals surface area contributed by atoms with E-state index in [-0.39, 0.29) is 23.3 Å². The van der Waals surface area contributed by atoms with Gasteiger partial charge in [0, 0.05) is 23.1 Å². The summed E-state index contributed by atoms with van der Waals surface area (Å²) >= 11 is 12.6. The quantitative estimate of drug-likeness (QED) is 0.193. The van der Waals surface area contributed by atoms with Gasteiger partial charge in [0.05, 0.1) is 10.6 Å². The second kappa shape index (κ2) is 15.4. The van der Waals surface area contributed by atoms with Crippen LogP contribution < -0.4 is 9.62 Å². The summed E-state index contributed by atoms with van der Waals surface area (Å²) in [7, 11) is -4.13. The Morgan fingerprint density at radius 3 is 2.17 bits per heavy atom. The number of carbonyl (C=O) groups excluding carboxylic acids is 2. The minimum atomic E-state index is -4.13. The van der Waals surface area contributed by atoms with Gasteiger partial charge >= 0.3 is 0 Å². The lowest BCUT2D eigenvalue weighted by Crippen LogP contribution is -2.52. The molecule has 0 aliphatic carbocycles. The number of nitrogens with zero attached hydrogens (tertiary/aromatic N) is 2. The Balaban J connectivity index is 2.06. The van der Waals surface area contributed by atoms with Crippen LogP contribution >= 0.6 is 23.2 Å². The Bertz CT molecular complexity index is 1450. The summed E-state index contributed by atoms with van der Waals surface area (Å²) in [5, 5.41) is 3.71. The second-order valence-electron chi connectivity index (χ2n) is 10.4. The van der Waals surface area contributed by atoms with E-state index < -0.39 is 28.5 Å². The van der Waals surface area contributed by atoms with Gasteiger partial charge < -0.3 is 10.2 Å². The van der Waals surface area contributed by atoms with Crippen molar-refractivity contribution >= 4 is 50.7 Å². The van der Waals surface area contributed by atoms with Crippen molar-refractivity contribution in [3.63, 3.8) is 0 Å². The van der Waals surface area contributed by atoms with E-state index in [9.17, 15) is 18.0 Å². The van der Waals surface area contributed by atoms with Crippen LogP contribution in [0.15, 0.2) is 77.7 Å². The molecule has 2 amide bonds. The van der Waals surface area contributed by atoms with Crippen molar-refractivity contribution in [3.05, 3.63) is 94.0 Å². The van der Waals surface area contributed by atoms with Gasteiger partial charge in [0.25, 0.3) is 10.0 Å². The zero-order valence-corrected chi connectivity index (χ0v) is 26.8. The maximum Gasteiger partial charge on any atom is 0.264 e. The molecule has 3 aromatic carbocycles. The fourth-order valence-corrected chi connectivity index (χ4v) is 6.44. The lowest BCUT2D eigenvalue weighted by molar-refractivity contribution is -0.140. The number of rotatable bonds is 14. The number of amides is 2. The molecular formula is C32H39Cl2N3O4S. The van der Waals surface area contributed by atoms with Gasteiger partial charge in [-0.25, -0.2) is 8.42 Å². The van der Waals surface area contributed by atoms with Gasteiger partial charge in [0.2, 0.25) is 11.8 Å². The standard InChI is InChI=1S/C32H39Cl2N3O4S/c1-5-7-19-35-32(39)30(6-2)36(21-25-13-16-26(33)20-29(25)34)31(38)22-37(27-17-14-24(15-18-27)23(3)4)42(40,41)28-11-9-8-10-12-28/h8-18,20,23,30H,5-7,19,21-22H2,1-4H3,(H,35,39). The minimum absolute atomic E-state index is 0.0000514. The Morgan fingerprint density at radius 2 is 1.60 bits per heavy atom. The first-order valence-corrected chi connectivity index (χ1v) is 16.4. The molecule has 226 valence electrons. The van der Waals surface area contributed by atoms with Gasteiger partial charge in [-0.15, -0.1) is 0 Å². The highest BCUT2D eigenvalue weighted by Crippen LogP contribution is 2.28. The first-order valence-electron chi connectivity index (χ1n) is 14.2. The fourth-order valence-electron chi connectivity index (χ4n) is 4.53. The normalized spacial score (nSPS) is 12.2. The van der Waals surface area contributed by atoms with Crippen molar-refractivity contribution < 1.29 is 18.0 Å². The largest absolute Gasteiger partial charge is 0.354 e. The maximum atomic E-state index is 14.2. The average molecular weight is 633 g/mol. The summed E-state index contributed by atoms with van der Waals surface area (Å²) in [6.07, 6.45) is 2.03. The summed E-state index contributed by atoms with van der Waals surface area (Å²) in [5.74, 6) is -0.592. The molecule has 3 aromatic rings. The zero-order valence-electron chi connectivity index (χ0n) is 24.5. The molecular weight excluding hydrogens is 593 g/mol. The van der Waals surface area contributed by atoms with Crippen LogP contribution in [0.5, 0.6) is 0 Å². The van der Waals surface area contributed by atoms with Crippen molar-refractivity contribution in [3.8, 4) is 0 Å². The summed E-state index contributed by atoms with van der Waals surface area (Å²) < 4.78 is 29.0. The molecule has 0 aliphatic rings. The van der Waals surface area contributed by atoms with E-state index >= 15 is 0 Å². The Hall–Kier alpha value is -3.07. The van der Waals surface area contributed by atoms with Crippen LogP contribution in [-0.4, -0.2) is 44.3 Å². The number of sulfonamides is 1. The topological polar surface area (TPSA) is 86.8 Å². The van der Waals surface area contributed by atoms with Gasteiger partial charge in [-0.3, -0.25) is 13.9 Å². The van der Waals surface area contributed by atoms with Crippen LogP contribution in [0.3, 0.4) is 0 Å². The molecule has 0 aliphatic heterocycles. The molecule has 3 rings (SSSR count). The Labute approximate surface area is 259 Å². The van der Waals surface area contributed by atoms with Crippen LogP contribution in [0.4, 0.5) is 5.69 Å². The highest BCUT2D eigenvalue weighted by Gasteiger charge is 2.34. The molecule has 7 nitrogen and oxygen atoms in total. The summed E-state index contributed by atoms with van der Waals surface area (Å²) in [4.78, 5) is 28.9. The second-order valence-corrected chi connectivity index (χ2v) is 13.1. The molecule has 42 heavy (non-hydrogen) atoms. The number of nitrogens with one attached hydrogen (secondary N) is 1. The number of hydrogen-bond donors (Lipinski definition) is 1. The van der Waals surface area contributed by atoms with Crippen LogP contribution in [0.25, 0.3) is 0 Å². The molecule has 1 atom stereocenters. The third-order valence-electron chi connectivity index (χ3n) is 7.03. The first-order chi connectivity index (χ1) is 20.0. The van der Waals surface area contributed by atoms with E-state index in [1.807, 2.05) is 39.8 Å². The van der Waals surface area contributed by atoms with E-state index in [2.05, 4.69) is 5.32 Å².